The predicted octanol–water partition coefficient (Wildman–Crippen LogP) is 3.24. The van der Waals surface area contributed by atoms with E-state index in [2.05, 4.69) is 53.6 Å². The van der Waals surface area contributed by atoms with Gasteiger partial charge >= 0.3 is 0 Å². The van der Waals surface area contributed by atoms with Crippen molar-refractivity contribution in [3.05, 3.63) is 22.3 Å². The first-order valence-electron chi connectivity index (χ1n) is 4.81. The first kappa shape index (κ1) is 12.4. The lowest BCUT2D eigenvalue weighted by atomic mass is 10.00. The molecule has 0 aliphatic rings. The van der Waals surface area contributed by atoms with E-state index in [0.29, 0.717) is 0 Å². The number of likely N-dealkylation sites (N-methyl/N-ethyl adjacent to an activating group) is 1. The topological polar surface area (TPSA) is 3.24 Å². The van der Waals surface area contributed by atoms with Crippen LogP contribution in [0.3, 0.4) is 0 Å². The summed E-state index contributed by atoms with van der Waals surface area (Å²) in [6, 6.07) is 0. The lowest BCUT2D eigenvalue weighted by Crippen LogP contribution is -2.15. The molecule has 76 valence electrons. The van der Waals surface area contributed by atoms with Crippen LogP contribution in [0.4, 0.5) is 0 Å². The standard InChI is InChI=1S/C12H23N/c1-9(2)11(4)12(5)10(3)8-13(6)7/h8H2,1-7H3/b12-10+. The molecule has 0 saturated heterocycles. The minimum atomic E-state index is 1.05. The highest BCUT2D eigenvalue weighted by Gasteiger charge is 2.01. The summed E-state index contributed by atoms with van der Waals surface area (Å²) in [6.45, 7) is 12.0. The number of rotatable bonds is 3. The van der Waals surface area contributed by atoms with Gasteiger partial charge in [-0.05, 0) is 59.9 Å². The summed E-state index contributed by atoms with van der Waals surface area (Å²) in [5, 5.41) is 0. The number of allylic oxidation sites excluding steroid dienone is 3. The van der Waals surface area contributed by atoms with Crippen LogP contribution in [0.15, 0.2) is 22.3 Å². The Bertz CT molecular complexity index is 228. The molecule has 0 aliphatic heterocycles. The van der Waals surface area contributed by atoms with E-state index < -0.39 is 0 Å². The Morgan fingerprint density at radius 2 is 1.31 bits per heavy atom. The van der Waals surface area contributed by atoms with Crippen LogP contribution in [0.1, 0.15) is 34.6 Å². The number of nitrogens with zero attached hydrogens (tertiary/aromatic N) is 1. The summed E-state index contributed by atoms with van der Waals surface area (Å²) < 4.78 is 0. The second-order valence-corrected chi connectivity index (χ2v) is 4.27. The first-order chi connectivity index (χ1) is 5.86. The molecule has 0 N–H and O–H groups in total. The molecule has 1 nitrogen and oxygen atoms in total. The van der Waals surface area contributed by atoms with Crippen molar-refractivity contribution in [1.82, 2.24) is 4.90 Å². The molecule has 0 aromatic carbocycles. The average Bonchev–Trinajstić information content (AvgIpc) is 2.00. The highest BCUT2D eigenvalue weighted by Crippen LogP contribution is 2.17. The van der Waals surface area contributed by atoms with Gasteiger partial charge in [-0.25, -0.2) is 0 Å². The SMILES string of the molecule is CC(C)=C(C)/C(C)=C(\C)CN(C)C. The van der Waals surface area contributed by atoms with E-state index in [1.54, 1.807) is 0 Å². The predicted molar refractivity (Wildman–Crippen MR) is 61.0 cm³/mol. The van der Waals surface area contributed by atoms with Crippen molar-refractivity contribution in [1.29, 1.82) is 0 Å². The molecule has 0 bridgehead atoms. The van der Waals surface area contributed by atoms with Gasteiger partial charge in [-0.3, -0.25) is 0 Å². The largest absolute Gasteiger partial charge is 0.305 e. The highest BCUT2D eigenvalue weighted by molar-refractivity contribution is 5.34. The van der Waals surface area contributed by atoms with Crippen LogP contribution in [0, 0.1) is 0 Å². The minimum Gasteiger partial charge on any atom is -0.305 e. The molecule has 0 aromatic heterocycles. The fourth-order valence-corrected chi connectivity index (χ4v) is 1.29. The lowest BCUT2D eigenvalue weighted by molar-refractivity contribution is 0.444. The van der Waals surface area contributed by atoms with Crippen molar-refractivity contribution in [2.75, 3.05) is 20.6 Å². The van der Waals surface area contributed by atoms with Crippen LogP contribution >= 0.6 is 0 Å². The third-order valence-corrected chi connectivity index (χ3v) is 2.51. The van der Waals surface area contributed by atoms with Gasteiger partial charge in [0, 0.05) is 6.54 Å². The third kappa shape index (κ3) is 4.28. The smallest absolute Gasteiger partial charge is 0.0189 e. The molecule has 0 fully saturated rings. The molecular weight excluding hydrogens is 158 g/mol. The Labute approximate surface area is 83.1 Å². The van der Waals surface area contributed by atoms with Gasteiger partial charge in [0.25, 0.3) is 0 Å². The molecule has 0 spiro atoms. The normalized spacial score (nSPS) is 12.9. The fraction of sp³-hybridized carbons (Fsp3) is 0.667. The number of hydrogen-bond donors (Lipinski definition) is 0. The van der Waals surface area contributed by atoms with Crippen LogP contribution in [-0.4, -0.2) is 25.5 Å². The first-order valence-corrected chi connectivity index (χ1v) is 4.81. The van der Waals surface area contributed by atoms with Gasteiger partial charge in [0.1, 0.15) is 0 Å². The summed E-state index contributed by atoms with van der Waals surface area (Å²) in [4.78, 5) is 2.21. The molecule has 0 amide bonds. The maximum Gasteiger partial charge on any atom is 0.0189 e. The van der Waals surface area contributed by atoms with Crippen molar-refractivity contribution >= 4 is 0 Å². The van der Waals surface area contributed by atoms with Gasteiger partial charge in [0.15, 0.2) is 0 Å². The zero-order valence-electron chi connectivity index (χ0n) is 10.2. The van der Waals surface area contributed by atoms with Crippen molar-refractivity contribution < 1.29 is 0 Å². The van der Waals surface area contributed by atoms with Gasteiger partial charge in [0.2, 0.25) is 0 Å². The van der Waals surface area contributed by atoms with Crippen LogP contribution in [-0.2, 0) is 0 Å². The zero-order chi connectivity index (χ0) is 10.6. The Kier molecular flexibility index (Phi) is 5.01. The molecule has 13 heavy (non-hydrogen) atoms. The summed E-state index contributed by atoms with van der Waals surface area (Å²) in [6.07, 6.45) is 0. The number of hydrogen-bond acceptors (Lipinski definition) is 1. The highest BCUT2D eigenvalue weighted by atomic mass is 15.0. The maximum absolute atomic E-state index is 2.21. The summed E-state index contributed by atoms with van der Waals surface area (Å²) in [7, 11) is 4.21. The maximum atomic E-state index is 2.21. The van der Waals surface area contributed by atoms with Gasteiger partial charge in [-0.2, -0.15) is 0 Å². The van der Waals surface area contributed by atoms with Crippen LogP contribution in [0.2, 0.25) is 0 Å². The van der Waals surface area contributed by atoms with Gasteiger partial charge < -0.3 is 4.90 Å². The quantitative estimate of drug-likeness (QED) is 0.604. The fourth-order valence-electron chi connectivity index (χ4n) is 1.29. The molecule has 0 radical (unpaired) electrons. The van der Waals surface area contributed by atoms with E-state index in [-0.39, 0.29) is 0 Å². The Hall–Kier alpha value is -0.560. The van der Waals surface area contributed by atoms with Gasteiger partial charge in [0.05, 0.1) is 0 Å². The molecule has 0 heterocycles. The Morgan fingerprint density at radius 1 is 0.846 bits per heavy atom. The second-order valence-electron chi connectivity index (χ2n) is 4.27. The second kappa shape index (κ2) is 5.23. The zero-order valence-corrected chi connectivity index (χ0v) is 10.2. The Balaban J connectivity index is 4.72. The summed E-state index contributed by atoms with van der Waals surface area (Å²) in [5.74, 6) is 0. The molecule has 0 aliphatic carbocycles. The molecule has 0 atom stereocenters. The van der Waals surface area contributed by atoms with E-state index in [4.69, 9.17) is 0 Å². The molecule has 0 saturated carbocycles. The van der Waals surface area contributed by atoms with Crippen molar-refractivity contribution in [2.45, 2.75) is 34.6 Å². The van der Waals surface area contributed by atoms with Crippen molar-refractivity contribution in [2.24, 2.45) is 0 Å². The van der Waals surface area contributed by atoms with Crippen LogP contribution in [0.25, 0.3) is 0 Å². The molecule has 0 unspecified atom stereocenters. The van der Waals surface area contributed by atoms with Crippen LogP contribution in [0.5, 0.6) is 0 Å². The van der Waals surface area contributed by atoms with Gasteiger partial charge in [-0.1, -0.05) is 11.1 Å². The van der Waals surface area contributed by atoms with E-state index in [0.717, 1.165) is 6.54 Å². The van der Waals surface area contributed by atoms with E-state index >= 15 is 0 Å². The van der Waals surface area contributed by atoms with E-state index in [1.165, 1.54) is 22.3 Å². The molecule has 0 aromatic rings. The van der Waals surface area contributed by atoms with Gasteiger partial charge in [-0.15, -0.1) is 0 Å². The monoisotopic (exact) mass is 181 g/mol. The van der Waals surface area contributed by atoms with E-state index in [9.17, 15) is 0 Å². The molecule has 1 heteroatoms. The summed E-state index contributed by atoms with van der Waals surface area (Å²) >= 11 is 0. The van der Waals surface area contributed by atoms with E-state index in [1.807, 2.05) is 0 Å². The van der Waals surface area contributed by atoms with Crippen LogP contribution < -0.4 is 0 Å². The minimum absolute atomic E-state index is 1.05. The molecule has 0 rings (SSSR count). The molecular formula is C12H23N. The van der Waals surface area contributed by atoms with Crippen molar-refractivity contribution in [3.63, 3.8) is 0 Å². The Morgan fingerprint density at radius 3 is 1.62 bits per heavy atom. The summed E-state index contributed by atoms with van der Waals surface area (Å²) in [5.41, 5.74) is 5.74. The third-order valence-electron chi connectivity index (χ3n) is 2.51. The average molecular weight is 181 g/mol. The van der Waals surface area contributed by atoms with Crippen molar-refractivity contribution in [3.8, 4) is 0 Å². The lowest BCUT2D eigenvalue weighted by Gasteiger charge is -2.14.